The molecule has 0 radical (unpaired) electrons. The van der Waals surface area contributed by atoms with Crippen LogP contribution in [0.25, 0.3) is 0 Å². The van der Waals surface area contributed by atoms with Crippen LogP contribution >= 0.6 is 0 Å². The van der Waals surface area contributed by atoms with Crippen LogP contribution in [0.2, 0.25) is 0 Å². The van der Waals surface area contributed by atoms with Crippen LogP contribution in [0.15, 0.2) is 24.8 Å². The van der Waals surface area contributed by atoms with Gasteiger partial charge in [0.05, 0.1) is 24.8 Å². The summed E-state index contributed by atoms with van der Waals surface area (Å²) in [6.07, 6.45) is 3.20. The Morgan fingerprint density at radius 3 is 2.80 bits per heavy atom. The topological polar surface area (TPSA) is 61.9 Å². The van der Waals surface area contributed by atoms with Gasteiger partial charge in [0, 0.05) is 32.1 Å². The molecule has 3 fully saturated rings. The molecule has 0 bridgehead atoms. The van der Waals surface area contributed by atoms with E-state index < -0.39 is 17.5 Å². The number of benzene rings is 1. The van der Waals surface area contributed by atoms with Gasteiger partial charge < -0.3 is 19.9 Å². The van der Waals surface area contributed by atoms with Crippen LogP contribution in [0.4, 0.5) is 8.78 Å². The van der Waals surface area contributed by atoms with Gasteiger partial charge in [-0.05, 0) is 43.0 Å². The zero-order chi connectivity index (χ0) is 21.3. The third kappa shape index (κ3) is 3.86. The second-order valence-electron chi connectivity index (χ2n) is 8.12. The Morgan fingerprint density at radius 1 is 1.30 bits per heavy atom. The van der Waals surface area contributed by atoms with Crippen molar-refractivity contribution in [1.82, 2.24) is 15.1 Å². The lowest BCUT2D eigenvalue weighted by Crippen LogP contribution is -2.54. The first-order valence-corrected chi connectivity index (χ1v) is 10.5. The van der Waals surface area contributed by atoms with Crippen molar-refractivity contribution in [2.45, 2.75) is 24.8 Å². The summed E-state index contributed by atoms with van der Waals surface area (Å²) in [6.45, 7) is 6.85. The van der Waals surface area contributed by atoms with Crippen molar-refractivity contribution >= 4 is 11.8 Å². The van der Waals surface area contributed by atoms with E-state index in [-0.39, 0.29) is 29.3 Å². The lowest BCUT2D eigenvalue weighted by atomic mass is 9.77. The first-order chi connectivity index (χ1) is 14.5. The molecule has 3 saturated heterocycles. The van der Waals surface area contributed by atoms with Crippen LogP contribution in [0.1, 0.15) is 34.7 Å². The molecular formula is C22H27F2N3O3. The average molecular weight is 419 g/mol. The van der Waals surface area contributed by atoms with E-state index in [2.05, 4.69) is 11.9 Å². The second kappa shape index (κ2) is 8.81. The molecule has 3 atom stereocenters. The maximum Gasteiger partial charge on any atom is 0.257 e. The number of rotatable bonds is 5. The first-order valence-electron chi connectivity index (χ1n) is 10.5. The monoisotopic (exact) mass is 419 g/mol. The molecule has 4 rings (SSSR count). The Bertz CT molecular complexity index is 841. The highest BCUT2D eigenvalue weighted by Crippen LogP contribution is 2.39. The van der Waals surface area contributed by atoms with Gasteiger partial charge in [-0.1, -0.05) is 6.08 Å². The summed E-state index contributed by atoms with van der Waals surface area (Å²) in [4.78, 5) is 28.9. The van der Waals surface area contributed by atoms with Crippen molar-refractivity contribution in [2.24, 2.45) is 5.92 Å². The molecule has 0 spiro atoms. The summed E-state index contributed by atoms with van der Waals surface area (Å²) < 4.78 is 34.4. The van der Waals surface area contributed by atoms with Crippen LogP contribution in [-0.4, -0.2) is 73.6 Å². The largest absolute Gasteiger partial charge is 0.378 e. The Balaban J connectivity index is 1.66. The average Bonchev–Trinajstić information content (AvgIpc) is 3.26. The number of ether oxygens (including phenoxy) is 1. The molecule has 1 aromatic carbocycles. The van der Waals surface area contributed by atoms with Gasteiger partial charge in [-0.2, -0.15) is 0 Å². The molecule has 0 aromatic heterocycles. The predicted molar refractivity (Wildman–Crippen MR) is 107 cm³/mol. The third-order valence-corrected chi connectivity index (χ3v) is 6.39. The number of hydrogen-bond acceptors (Lipinski definition) is 4. The molecule has 3 unspecified atom stereocenters. The Morgan fingerprint density at radius 2 is 2.07 bits per heavy atom. The van der Waals surface area contributed by atoms with Gasteiger partial charge >= 0.3 is 0 Å². The molecule has 2 amide bonds. The fourth-order valence-corrected chi connectivity index (χ4v) is 4.80. The van der Waals surface area contributed by atoms with Crippen molar-refractivity contribution < 1.29 is 23.1 Å². The van der Waals surface area contributed by atoms with E-state index in [9.17, 15) is 18.4 Å². The molecule has 30 heavy (non-hydrogen) atoms. The van der Waals surface area contributed by atoms with Crippen molar-refractivity contribution in [3.63, 3.8) is 0 Å². The number of morpholine rings is 1. The zero-order valence-electron chi connectivity index (χ0n) is 16.9. The summed E-state index contributed by atoms with van der Waals surface area (Å²) in [5, 5.41) is 3.26. The Kier molecular flexibility index (Phi) is 6.15. The standard InChI is InChI=1S/C22H27F2N3O3/c1-2-3-6-27-13-17(15-4-5-25-20(15)22(27)29)14-11-16(19(24)18(23)12-14)21(28)26-7-9-30-10-8-26/h2,11-12,15,17,20,25H,1,3-10,13H2. The van der Waals surface area contributed by atoms with E-state index in [1.165, 1.54) is 17.0 Å². The number of amides is 2. The van der Waals surface area contributed by atoms with Crippen molar-refractivity contribution in [2.75, 3.05) is 45.9 Å². The van der Waals surface area contributed by atoms with Crippen LogP contribution in [-0.2, 0) is 9.53 Å². The van der Waals surface area contributed by atoms with E-state index in [1.807, 2.05) is 0 Å². The maximum atomic E-state index is 14.6. The van der Waals surface area contributed by atoms with Crippen LogP contribution in [0.5, 0.6) is 0 Å². The SMILES string of the molecule is C=CCCN1CC(c2cc(F)c(F)c(C(=O)N3CCOCC3)c2)C2CCNC2C1=O. The van der Waals surface area contributed by atoms with Gasteiger partial charge in [-0.15, -0.1) is 6.58 Å². The second-order valence-corrected chi connectivity index (χ2v) is 8.12. The minimum absolute atomic E-state index is 0.00585. The highest BCUT2D eigenvalue weighted by Gasteiger charge is 2.45. The summed E-state index contributed by atoms with van der Waals surface area (Å²) >= 11 is 0. The van der Waals surface area contributed by atoms with Gasteiger partial charge in [-0.25, -0.2) is 8.78 Å². The predicted octanol–water partition coefficient (Wildman–Crippen LogP) is 1.92. The lowest BCUT2D eigenvalue weighted by molar-refractivity contribution is -0.137. The molecule has 0 saturated carbocycles. The number of fused-ring (bicyclic) bond motifs is 1. The van der Waals surface area contributed by atoms with Gasteiger partial charge in [0.25, 0.3) is 5.91 Å². The number of piperidine rings is 1. The minimum atomic E-state index is -1.12. The number of nitrogens with zero attached hydrogens (tertiary/aromatic N) is 2. The highest BCUT2D eigenvalue weighted by molar-refractivity contribution is 5.95. The van der Waals surface area contributed by atoms with Gasteiger partial charge in [0.1, 0.15) is 0 Å². The molecule has 3 aliphatic rings. The van der Waals surface area contributed by atoms with Crippen molar-refractivity contribution in [3.8, 4) is 0 Å². The fraction of sp³-hybridized carbons (Fsp3) is 0.545. The molecule has 1 aromatic rings. The molecular weight excluding hydrogens is 392 g/mol. The number of halogens is 2. The lowest BCUT2D eigenvalue weighted by Gasteiger charge is -2.40. The number of carbonyl (C=O) groups is 2. The highest BCUT2D eigenvalue weighted by atomic mass is 19.2. The molecule has 3 heterocycles. The molecule has 1 N–H and O–H groups in total. The van der Waals surface area contributed by atoms with Crippen molar-refractivity contribution in [3.05, 3.63) is 47.5 Å². The summed E-state index contributed by atoms with van der Waals surface area (Å²) in [5.41, 5.74) is 0.323. The van der Waals surface area contributed by atoms with Gasteiger partial charge in [0.15, 0.2) is 11.6 Å². The smallest absolute Gasteiger partial charge is 0.257 e. The molecule has 8 heteroatoms. The number of carbonyl (C=O) groups excluding carboxylic acids is 2. The number of nitrogens with one attached hydrogen (secondary N) is 1. The van der Waals surface area contributed by atoms with E-state index in [0.29, 0.717) is 57.9 Å². The summed E-state index contributed by atoms with van der Waals surface area (Å²) in [7, 11) is 0. The summed E-state index contributed by atoms with van der Waals surface area (Å²) in [5.74, 6) is -2.80. The van der Waals surface area contributed by atoms with E-state index in [4.69, 9.17) is 4.74 Å². The molecule has 6 nitrogen and oxygen atoms in total. The van der Waals surface area contributed by atoms with Crippen LogP contribution in [0.3, 0.4) is 0 Å². The molecule has 3 aliphatic heterocycles. The quantitative estimate of drug-likeness (QED) is 0.741. The fourth-order valence-electron chi connectivity index (χ4n) is 4.80. The Labute approximate surface area is 174 Å². The van der Waals surface area contributed by atoms with Crippen LogP contribution in [0, 0.1) is 17.6 Å². The van der Waals surface area contributed by atoms with Crippen LogP contribution < -0.4 is 5.32 Å². The number of hydrogen-bond donors (Lipinski definition) is 1. The van der Waals surface area contributed by atoms with Crippen molar-refractivity contribution in [1.29, 1.82) is 0 Å². The minimum Gasteiger partial charge on any atom is -0.378 e. The summed E-state index contributed by atoms with van der Waals surface area (Å²) in [6, 6.07) is 2.34. The van der Waals surface area contributed by atoms with E-state index >= 15 is 0 Å². The first kappa shape index (κ1) is 20.9. The maximum absolute atomic E-state index is 14.6. The zero-order valence-corrected chi connectivity index (χ0v) is 16.9. The van der Waals surface area contributed by atoms with E-state index in [0.717, 1.165) is 6.42 Å². The molecule has 162 valence electrons. The normalized spacial score (nSPS) is 26.6. The molecule has 0 aliphatic carbocycles. The van der Waals surface area contributed by atoms with Gasteiger partial charge in [-0.3, -0.25) is 9.59 Å². The van der Waals surface area contributed by atoms with Gasteiger partial charge in [0.2, 0.25) is 5.91 Å². The number of likely N-dealkylation sites (tertiary alicyclic amines) is 1. The van der Waals surface area contributed by atoms with E-state index in [1.54, 1.807) is 11.0 Å². The Hall–Kier alpha value is -2.32. The third-order valence-electron chi connectivity index (χ3n) is 6.39.